The van der Waals surface area contributed by atoms with Gasteiger partial charge in [0.1, 0.15) is 11.5 Å². The van der Waals surface area contributed by atoms with Gasteiger partial charge in [-0.05, 0) is 77.6 Å². The second kappa shape index (κ2) is 9.18. The van der Waals surface area contributed by atoms with Gasteiger partial charge in [-0.2, -0.15) is 0 Å². The summed E-state index contributed by atoms with van der Waals surface area (Å²) in [7, 11) is 0. The second-order valence-corrected chi connectivity index (χ2v) is 8.32. The molecule has 0 unspecified atom stereocenters. The molecule has 0 atom stereocenters. The van der Waals surface area contributed by atoms with Crippen LogP contribution in [0.15, 0.2) is 72.8 Å². The van der Waals surface area contributed by atoms with Crippen molar-refractivity contribution in [3.8, 4) is 23.0 Å². The molecule has 164 valence electrons. The van der Waals surface area contributed by atoms with Crippen molar-refractivity contribution in [3.63, 3.8) is 0 Å². The molecule has 0 saturated carbocycles. The minimum absolute atomic E-state index is 0.148. The van der Waals surface area contributed by atoms with E-state index < -0.39 is 0 Å². The minimum Gasteiger partial charge on any atom is -0.457 e. The Balaban J connectivity index is 1.33. The number of amides is 1. The number of nitrogens with one attached hydrogen (secondary N) is 1. The first kappa shape index (κ1) is 21.5. The molecule has 0 fully saturated rings. The van der Waals surface area contributed by atoms with Gasteiger partial charge in [0.2, 0.25) is 12.7 Å². The zero-order valence-corrected chi connectivity index (χ0v) is 18.6. The Morgan fingerprint density at radius 3 is 2.31 bits per heavy atom. The molecule has 3 aromatic rings. The lowest BCUT2D eigenvalue weighted by atomic mass is 9.82. The summed E-state index contributed by atoms with van der Waals surface area (Å²) in [4.78, 5) is 12.2. The molecule has 1 N–H and O–H groups in total. The van der Waals surface area contributed by atoms with E-state index >= 15 is 0 Å². The van der Waals surface area contributed by atoms with E-state index in [4.69, 9.17) is 14.2 Å². The van der Waals surface area contributed by atoms with Gasteiger partial charge >= 0.3 is 0 Å². The third-order valence-corrected chi connectivity index (χ3v) is 5.70. The average molecular weight is 430 g/mol. The third kappa shape index (κ3) is 5.11. The lowest BCUT2D eigenvalue weighted by molar-refractivity contribution is -0.111. The molecule has 1 aliphatic heterocycles. The van der Waals surface area contributed by atoms with Gasteiger partial charge in [-0.25, -0.2) is 0 Å². The van der Waals surface area contributed by atoms with Crippen LogP contribution in [-0.2, 0) is 10.2 Å². The van der Waals surface area contributed by atoms with Crippen molar-refractivity contribution in [3.05, 3.63) is 83.9 Å². The maximum absolute atomic E-state index is 12.2. The highest BCUT2D eigenvalue weighted by Crippen LogP contribution is 2.33. The van der Waals surface area contributed by atoms with Crippen LogP contribution in [0.4, 0.5) is 5.69 Å². The molecule has 0 saturated heterocycles. The van der Waals surface area contributed by atoms with Gasteiger partial charge in [-0.1, -0.05) is 39.0 Å². The number of fused-ring (bicyclic) bond motifs is 1. The fourth-order valence-corrected chi connectivity index (χ4v) is 3.29. The van der Waals surface area contributed by atoms with E-state index in [9.17, 15) is 4.79 Å². The fraction of sp³-hybridized carbons (Fsp3) is 0.222. The van der Waals surface area contributed by atoms with Crippen molar-refractivity contribution in [2.45, 2.75) is 32.6 Å². The lowest BCUT2D eigenvalue weighted by Crippen LogP contribution is -2.14. The highest BCUT2D eigenvalue weighted by Gasteiger charge is 2.17. The predicted molar refractivity (Wildman–Crippen MR) is 127 cm³/mol. The number of benzene rings is 3. The van der Waals surface area contributed by atoms with Gasteiger partial charge in [-0.3, -0.25) is 4.79 Å². The zero-order chi connectivity index (χ0) is 22.6. The lowest BCUT2D eigenvalue weighted by Gasteiger charge is -2.23. The molecule has 1 aliphatic rings. The Labute approximate surface area is 188 Å². The Bertz CT molecular complexity index is 1120. The molecule has 0 aromatic heterocycles. The fourth-order valence-electron chi connectivity index (χ4n) is 3.29. The van der Waals surface area contributed by atoms with E-state index in [2.05, 4.69) is 38.2 Å². The van der Waals surface area contributed by atoms with Crippen molar-refractivity contribution in [1.29, 1.82) is 0 Å². The topological polar surface area (TPSA) is 56.8 Å². The molecule has 1 amide bonds. The van der Waals surface area contributed by atoms with Crippen LogP contribution < -0.4 is 19.5 Å². The summed E-state index contributed by atoms with van der Waals surface area (Å²) < 4.78 is 16.6. The molecule has 0 radical (unpaired) electrons. The van der Waals surface area contributed by atoms with E-state index in [0.717, 1.165) is 23.5 Å². The Kier molecular flexibility index (Phi) is 6.17. The van der Waals surface area contributed by atoms with Crippen LogP contribution in [0.5, 0.6) is 23.0 Å². The second-order valence-electron chi connectivity index (χ2n) is 8.32. The Morgan fingerprint density at radius 1 is 0.969 bits per heavy atom. The molecule has 3 aromatic carbocycles. The first-order valence-corrected chi connectivity index (χ1v) is 10.7. The molecule has 32 heavy (non-hydrogen) atoms. The first-order chi connectivity index (χ1) is 15.4. The van der Waals surface area contributed by atoms with Crippen molar-refractivity contribution in [2.75, 3.05) is 12.1 Å². The van der Waals surface area contributed by atoms with Crippen LogP contribution in [0, 0.1) is 0 Å². The maximum Gasteiger partial charge on any atom is 0.248 e. The Morgan fingerprint density at radius 2 is 1.62 bits per heavy atom. The smallest absolute Gasteiger partial charge is 0.248 e. The molecule has 0 spiro atoms. The van der Waals surface area contributed by atoms with Gasteiger partial charge in [0.25, 0.3) is 0 Å². The maximum atomic E-state index is 12.2. The van der Waals surface area contributed by atoms with E-state index in [1.807, 2.05) is 54.6 Å². The number of rotatable bonds is 7. The van der Waals surface area contributed by atoms with Crippen LogP contribution >= 0.6 is 0 Å². The molecule has 0 aliphatic carbocycles. The monoisotopic (exact) mass is 429 g/mol. The van der Waals surface area contributed by atoms with Gasteiger partial charge in [0.05, 0.1) is 0 Å². The van der Waals surface area contributed by atoms with Gasteiger partial charge in [0, 0.05) is 11.8 Å². The van der Waals surface area contributed by atoms with Crippen LogP contribution in [0.1, 0.15) is 38.3 Å². The quantitative estimate of drug-likeness (QED) is 0.433. The zero-order valence-electron chi connectivity index (χ0n) is 18.6. The number of ether oxygens (including phenoxy) is 3. The van der Waals surface area contributed by atoms with Crippen molar-refractivity contribution in [2.24, 2.45) is 0 Å². The van der Waals surface area contributed by atoms with E-state index in [1.54, 1.807) is 6.08 Å². The van der Waals surface area contributed by atoms with Gasteiger partial charge < -0.3 is 19.5 Å². The molecular formula is C27H27NO4. The first-order valence-electron chi connectivity index (χ1n) is 10.7. The van der Waals surface area contributed by atoms with Gasteiger partial charge in [0.15, 0.2) is 11.5 Å². The number of hydrogen-bond donors (Lipinski definition) is 1. The van der Waals surface area contributed by atoms with Crippen LogP contribution in [0.25, 0.3) is 6.08 Å². The summed E-state index contributed by atoms with van der Waals surface area (Å²) in [5, 5.41) is 2.85. The molecule has 5 nitrogen and oxygen atoms in total. The van der Waals surface area contributed by atoms with E-state index in [-0.39, 0.29) is 18.1 Å². The van der Waals surface area contributed by atoms with Crippen LogP contribution in [0.2, 0.25) is 0 Å². The number of hydrogen-bond acceptors (Lipinski definition) is 4. The Hall–Kier alpha value is -3.73. The largest absolute Gasteiger partial charge is 0.457 e. The molecule has 5 heteroatoms. The highest BCUT2D eigenvalue weighted by atomic mass is 16.7. The number of anilines is 1. The van der Waals surface area contributed by atoms with Gasteiger partial charge in [-0.15, -0.1) is 0 Å². The van der Waals surface area contributed by atoms with Crippen molar-refractivity contribution >= 4 is 17.7 Å². The van der Waals surface area contributed by atoms with Crippen LogP contribution in [-0.4, -0.2) is 12.7 Å². The summed E-state index contributed by atoms with van der Waals surface area (Å²) in [6.07, 6.45) is 4.30. The summed E-state index contributed by atoms with van der Waals surface area (Å²) in [6, 6.07) is 21.0. The summed E-state index contributed by atoms with van der Waals surface area (Å²) in [6.45, 7) is 6.89. The minimum atomic E-state index is -0.217. The van der Waals surface area contributed by atoms with Crippen molar-refractivity contribution in [1.82, 2.24) is 0 Å². The molecule has 4 rings (SSSR count). The summed E-state index contributed by atoms with van der Waals surface area (Å²) in [5.74, 6) is 2.68. The predicted octanol–water partition coefficient (Wildman–Crippen LogP) is 6.55. The van der Waals surface area contributed by atoms with Crippen molar-refractivity contribution < 1.29 is 19.0 Å². The normalized spacial score (nSPS) is 12.7. The summed E-state index contributed by atoms with van der Waals surface area (Å²) in [5.41, 5.74) is 2.99. The third-order valence-electron chi connectivity index (χ3n) is 5.70. The average Bonchev–Trinajstić information content (AvgIpc) is 3.27. The molecular weight excluding hydrogens is 402 g/mol. The number of carbonyl (C=O) groups excluding carboxylic acids is 1. The highest BCUT2D eigenvalue weighted by molar-refractivity contribution is 6.02. The van der Waals surface area contributed by atoms with Crippen LogP contribution in [0.3, 0.4) is 0 Å². The summed E-state index contributed by atoms with van der Waals surface area (Å²) >= 11 is 0. The van der Waals surface area contributed by atoms with E-state index in [0.29, 0.717) is 17.2 Å². The number of carbonyl (C=O) groups is 1. The molecule has 1 heterocycles. The SMILES string of the molecule is CCC(C)(C)c1ccc(Oc2ccc(NC(=O)C=Cc3ccc4c(c3)OCO4)cc2)cc1. The molecule has 0 bridgehead atoms. The standard InChI is InChI=1S/C27H27NO4/c1-4-27(2,3)20-7-11-22(12-8-20)32-23-13-9-21(10-14-23)28-26(29)16-6-19-5-15-24-25(17-19)31-18-30-24/h5-17H,4,18H2,1-3H3,(H,28,29). The van der Waals surface area contributed by atoms with E-state index in [1.165, 1.54) is 11.6 Å².